The fourth-order valence-electron chi connectivity index (χ4n) is 2.69. The average Bonchev–Trinajstić information content (AvgIpc) is 2.16. The van der Waals surface area contributed by atoms with Gasteiger partial charge in [0, 0.05) is 19.3 Å². The average molecular weight is 210 g/mol. The SMILES string of the molecule is CC(=O)OC1CCCC2N=C(N)CCC21. The second-order valence-electron chi connectivity index (χ2n) is 4.47. The van der Waals surface area contributed by atoms with Gasteiger partial charge in [-0.3, -0.25) is 9.79 Å². The van der Waals surface area contributed by atoms with Crippen LogP contribution in [0.4, 0.5) is 0 Å². The van der Waals surface area contributed by atoms with Gasteiger partial charge in [0.2, 0.25) is 0 Å². The van der Waals surface area contributed by atoms with E-state index in [9.17, 15) is 4.79 Å². The Labute approximate surface area is 89.9 Å². The first-order chi connectivity index (χ1) is 7.16. The molecule has 0 bridgehead atoms. The van der Waals surface area contributed by atoms with Gasteiger partial charge in [-0.15, -0.1) is 0 Å². The predicted molar refractivity (Wildman–Crippen MR) is 57.5 cm³/mol. The topological polar surface area (TPSA) is 64.7 Å². The number of amidine groups is 1. The van der Waals surface area contributed by atoms with E-state index in [1.807, 2.05) is 0 Å². The number of hydrogen-bond donors (Lipinski definition) is 1. The number of nitrogens with two attached hydrogens (primary N) is 1. The van der Waals surface area contributed by atoms with Crippen LogP contribution in [0.2, 0.25) is 0 Å². The summed E-state index contributed by atoms with van der Waals surface area (Å²) in [5.41, 5.74) is 5.73. The first-order valence-electron chi connectivity index (χ1n) is 5.66. The molecule has 4 nitrogen and oxygen atoms in total. The Balaban J connectivity index is 2.06. The van der Waals surface area contributed by atoms with Crippen molar-refractivity contribution in [1.82, 2.24) is 0 Å². The molecule has 0 saturated heterocycles. The molecule has 1 aliphatic heterocycles. The molecular weight excluding hydrogens is 192 g/mol. The molecule has 0 amide bonds. The highest BCUT2D eigenvalue weighted by Gasteiger charge is 2.37. The predicted octanol–water partition coefficient (Wildman–Crippen LogP) is 1.24. The lowest BCUT2D eigenvalue weighted by Crippen LogP contribution is -2.41. The molecule has 0 aromatic carbocycles. The Kier molecular flexibility index (Phi) is 2.93. The molecule has 2 aliphatic rings. The first kappa shape index (κ1) is 10.5. The summed E-state index contributed by atoms with van der Waals surface area (Å²) in [7, 11) is 0. The number of carbonyl (C=O) groups excluding carboxylic acids is 1. The zero-order valence-electron chi connectivity index (χ0n) is 9.11. The summed E-state index contributed by atoms with van der Waals surface area (Å²) in [6.45, 7) is 1.48. The number of esters is 1. The lowest BCUT2D eigenvalue weighted by Gasteiger charge is -2.38. The monoisotopic (exact) mass is 210 g/mol. The molecule has 1 saturated carbocycles. The lowest BCUT2D eigenvalue weighted by atomic mass is 9.78. The number of nitrogens with zero attached hydrogens (tertiary/aromatic N) is 1. The largest absolute Gasteiger partial charge is 0.462 e. The highest BCUT2D eigenvalue weighted by atomic mass is 16.5. The Bertz CT molecular complexity index is 288. The van der Waals surface area contributed by atoms with Gasteiger partial charge >= 0.3 is 5.97 Å². The molecule has 4 heteroatoms. The second-order valence-corrected chi connectivity index (χ2v) is 4.47. The normalized spacial score (nSPS) is 35.3. The second kappa shape index (κ2) is 4.21. The quantitative estimate of drug-likeness (QED) is 0.662. The minimum Gasteiger partial charge on any atom is -0.462 e. The van der Waals surface area contributed by atoms with Crippen LogP contribution in [0, 0.1) is 5.92 Å². The van der Waals surface area contributed by atoms with E-state index in [-0.39, 0.29) is 18.1 Å². The molecule has 2 rings (SSSR count). The van der Waals surface area contributed by atoms with Crippen LogP contribution in [0.15, 0.2) is 4.99 Å². The zero-order chi connectivity index (χ0) is 10.8. The van der Waals surface area contributed by atoms with E-state index in [1.54, 1.807) is 0 Å². The maximum absolute atomic E-state index is 11.0. The molecule has 1 fully saturated rings. The van der Waals surface area contributed by atoms with Crippen LogP contribution in [0.3, 0.4) is 0 Å². The van der Waals surface area contributed by atoms with Gasteiger partial charge < -0.3 is 10.5 Å². The molecule has 0 spiro atoms. The molecule has 0 aromatic heterocycles. The van der Waals surface area contributed by atoms with Crippen LogP contribution in [-0.4, -0.2) is 24.0 Å². The summed E-state index contributed by atoms with van der Waals surface area (Å²) in [5.74, 6) is 0.984. The van der Waals surface area contributed by atoms with Crippen molar-refractivity contribution in [3.63, 3.8) is 0 Å². The van der Waals surface area contributed by atoms with Crippen molar-refractivity contribution in [3.8, 4) is 0 Å². The Hall–Kier alpha value is -1.06. The van der Waals surface area contributed by atoms with E-state index in [1.165, 1.54) is 6.92 Å². The lowest BCUT2D eigenvalue weighted by molar-refractivity contribution is -0.151. The number of ether oxygens (including phenoxy) is 1. The number of rotatable bonds is 1. The summed E-state index contributed by atoms with van der Waals surface area (Å²) in [6, 6.07) is 0.289. The van der Waals surface area contributed by atoms with Crippen molar-refractivity contribution in [2.75, 3.05) is 0 Å². The smallest absolute Gasteiger partial charge is 0.302 e. The highest BCUT2D eigenvalue weighted by Crippen LogP contribution is 2.35. The Morgan fingerprint density at radius 2 is 2.27 bits per heavy atom. The maximum atomic E-state index is 11.0. The van der Waals surface area contributed by atoms with Crippen molar-refractivity contribution < 1.29 is 9.53 Å². The summed E-state index contributed by atoms with van der Waals surface area (Å²) < 4.78 is 5.35. The number of fused-ring (bicyclic) bond motifs is 1. The summed E-state index contributed by atoms with van der Waals surface area (Å²) in [4.78, 5) is 15.4. The van der Waals surface area contributed by atoms with Crippen molar-refractivity contribution in [1.29, 1.82) is 0 Å². The fraction of sp³-hybridized carbons (Fsp3) is 0.818. The summed E-state index contributed by atoms with van der Waals surface area (Å²) >= 11 is 0. The van der Waals surface area contributed by atoms with Gasteiger partial charge in [-0.25, -0.2) is 0 Å². The minimum absolute atomic E-state index is 0.0677. The highest BCUT2D eigenvalue weighted by molar-refractivity contribution is 5.81. The van der Waals surface area contributed by atoms with Gasteiger partial charge in [-0.1, -0.05) is 0 Å². The molecule has 2 N–H and O–H groups in total. The van der Waals surface area contributed by atoms with Crippen molar-refractivity contribution in [2.45, 2.75) is 51.2 Å². The van der Waals surface area contributed by atoms with E-state index in [0.29, 0.717) is 5.92 Å². The third-order valence-electron chi connectivity index (χ3n) is 3.34. The molecule has 0 radical (unpaired) electrons. The van der Waals surface area contributed by atoms with Gasteiger partial charge in [-0.2, -0.15) is 0 Å². The Morgan fingerprint density at radius 1 is 1.47 bits per heavy atom. The van der Waals surface area contributed by atoms with Crippen molar-refractivity contribution in [2.24, 2.45) is 16.6 Å². The Morgan fingerprint density at radius 3 is 3.00 bits per heavy atom. The molecule has 1 heterocycles. The van der Waals surface area contributed by atoms with Gasteiger partial charge in [0.05, 0.1) is 11.9 Å². The number of aliphatic imine (C=N–C) groups is 1. The fourth-order valence-corrected chi connectivity index (χ4v) is 2.69. The van der Waals surface area contributed by atoms with E-state index >= 15 is 0 Å². The molecular formula is C11H18N2O2. The first-order valence-corrected chi connectivity index (χ1v) is 5.66. The third kappa shape index (κ3) is 2.30. The van der Waals surface area contributed by atoms with Gasteiger partial charge in [0.15, 0.2) is 0 Å². The van der Waals surface area contributed by atoms with Crippen molar-refractivity contribution >= 4 is 11.8 Å². The van der Waals surface area contributed by atoms with Crippen LogP contribution in [-0.2, 0) is 9.53 Å². The minimum atomic E-state index is -0.178. The van der Waals surface area contributed by atoms with E-state index in [0.717, 1.165) is 37.9 Å². The molecule has 15 heavy (non-hydrogen) atoms. The summed E-state index contributed by atoms with van der Waals surface area (Å²) in [5, 5.41) is 0. The van der Waals surface area contributed by atoms with Crippen molar-refractivity contribution in [3.05, 3.63) is 0 Å². The van der Waals surface area contributed by atoms with Crippen LogP contribution in [0.25, 0.3) is 0 Å². The van der Waals surface area contributed by atoms with Gasteiger partial charge in [0.25, 0.3) is 0 Å². The molecule has 3 unspecified atom stereocenters. The van der Waals surface area contributed by atoms with E-state index in [4.69, 9.17) is 10.5 Å². The maximum Gasteiger partial charge on any atom is 0.302 e. The molecule has 1 aliphatic carbocycles. The number of hydrogen-bond acceptors (Lipinski definition) is 4. The zero-order valence-corrected chi connectivity index (χ0v) is 9.11. The molecule has 84 valence electrons. The van der Waals surface area contributed by atoms with E-state index < -0.39 is 0 Å². The molecule has 0 aromatic rings. The standard InChI is InChI=1S/C11H18N2O2/c1-7(14)15-10-4-2-3-9-8(10)5-6-11(12)13-9/h8-10H,2-6H2,1H3,(H2,12,13). The van der Waals surface area contributed by atoms with Gasteiger partial charge in [0.1, 0.15) is 6.10 Å². The van der Waals surface area contributed by atoms with Crippen LogP contribution in [0.5, 0.6) is 0 Å². The third-order valence-corrected chi connectivity index (χ3v) is 3.34. The van der Waals surface area contributed by atoms with E-state index in [2.05, 4.69) is 4.99 Å². The van der Waals surface area contributed by atoms with Crippen LogP contribution >= 0.6 is 0 Å². The van der Waals surface area contributed by atoms with Gasteiger partial charge in [-0.05, 0) is 25.7 Å². The number of carbonyl (C=O) groups is 1. The van der Waals surface area contributed by atoms with Crippen LogP contribution < -0.4 is 5.73 Å². The van der Waals surface area contributed by atoms with Crippen LogP contribution in [0.1, 0.15) is 39.0 Å². The summed E-state index contributed by atoms with van der Waals surface area (Å²) in [6.07, 6.45) is 5.07. The molecule has 3 atom stereocenters.